The monoisotopic (exact) mass is 313 g/mol. The lowest BCUT2D eigenvalue weighted by molar-refractivity contribution is 0.200. The molecule has 120 valence electrons. The molecular formula is C16H19N5O2. The molecule has 0 spiro atoms. The third-order valence-electron chi connectivity index (χ3n) is 4.20. The van der Waals surface area contributed by atoms with Gasteiger partial charge in [-0.3, -0.25) is 9.58 Å². The van der Waals surface area contributed by atoms with Gasteiger partial charge in [0.05, 0.1) is 25.5 Å². The zero-order chi connectivity index (χ0) is 15.6. The second kappa shape index (κ2) is 6.00. The second-order valence-electron chi connectivity index (χ2n) is 5.98. The molecular weight excluding hydrogens is 294 g/mol. The molecule has 3 aromatic rings. The molecule has 0 unspecified atom stereocenters. The molecule has 1 aliphatic rings. The van der Waals surface area contributed by atoms with Gasteiger partial charge >= 0.3 is 0 Å². The molecule has 0 radical (unpaired) electrons. The van der Waals surface area contributed by atoms with Gasteiger partial charge in [-0.05, 0) is 44.0 Å². The molecule has 1 atom stereocenters. The van der Waals surface area contributed by atoms with Crippen molar-refractivity contribution in [1.29, 1.82) is 0 Å². The Morgan fingerprint density at radius 2 is 2.30 bits per heavy atom. The highest BCUT2D eigenvalue weighted by atomic mass is 16.4. The van der Waals surface area contributed by atoms with Crippen molar-refractivity contribution in [3.63, 3.8) is 0 Å². The quantitative estimate of drug-likeness (QED) is 0.720. The van der Waals surface area contributed by atoms with Crippen LogP contribution in [0.25, 0.3) is 11.7 Å². The number of hydrogen-bond donors (Lipinski definition) is 0. The van der Waals surface area contributed by atoms with Gasteiger partial charge in [0.15, 0.2) is 5.76 Å². The first-order chi connectivity index (χ1) is 11.3. The van der Waals surface area contributed by atoms with Crippen molar-refractivity contribution in [2.45, 2.75) is 38.9 Å². The summed E-state index contributed by atoms with van der Waals surface area (Å²) < 4.78 is 13.0. The zero-order valence-corrected chi connectivity index (χ0v) is 13.1. The summed E-state index contributed by atoms with van der Waals surface area (Å²) in [6, 6.07) is 4.07. The van der Waals surface area contributed by atoms with Crippen molar-refractivity contribution in [3.05, 3.63) is 42.2 Å². The molecule has 0 amide bonds. The molecule has 0 N–H and O–H groups in total. The first kappa shape index (κ1) is 14.2. The third kappa shape index (κ3) is 3.05. The molecule has 4 heterocycles. The predicted molar refractivity (Wildman–Crippen MR) is 82.4 cm³/mol. The molecule has 3 aromatic heterocycles. The zero-order valence-electron chi connectivity index (χ0n) is 13.1. The maximum absolute atomic E-state index is 5.71. The number of rotatable bonds is 5. The Balaban J connectivity index is 1.43. The number of aryl methyl sites for hydroxylation is 1. The van der Waals surface area contributed by atoms with E-state index < -0.39 is 0 Å². The van der Waals surface area contributed by atoms with Crippen LogP contribution in [0.4, 0.5) is 0 Å². The average molecular weight is 313 g/mol. The number of aromatic nitrogens is 4. The lowest BCUT2D eigenvalue weighted by atomic mass is 10.2. The molecule has 23 heavy (non-hydrogen) atoms. The van der Waals surface area contributed by atoms with E-state index in [0.29, 0.717) is 30.1 Å². The third-order valence-corrected chi connectivity index (χ3v) is 4.20. The summed E-state index contributed by atoms with van der Waals surface area (Å²) in [5, 5.41) is 12.6. The van der Waals surface area contributed by atoms with Crippen LogP contribution >= 0.6 is 0 Å². The summed E-state index contributed by atoms with van der Waals surface area (Å²) in [4.78, 5) is 2.39. The minimum atomic E-state index is 0.434. The maximum Gasteiger partial charge on any atom is 0.283 e. The van der Waals surface area contributed by atoms with E-state index in [-0.39, 0.29) is 0 Å². The number of nitrogens with zero attached hydrogens (tertiary/aromatic N) is 5. The average Bonchev–Trinajstić information content (AvgIpc) is 3.29. The van der Waals surface area contributed by atoms with Crippen LogP contribution < -0.4 is 0 Å². The Hall–Kier alpha value is -2.41. The van der Waals surface area contributed by atoms with Crippen LogP contribution in [0.2, 0.25) is 0 Å². The van der Waals surface area contributed by atoms with E-state index >= 15 is 0 Å². The SMILES string of the molecule is Cc1cnn(C[C@@H]2CCCN2Cc2nnc(-c3ccco3)o2)c1. The second-order valence-corrected chi connectivity index (χ2v) is 5.98. The molecule has 1 saturated heterocycles. The van der Waals surface area contributed by atoms with Crippen LogP contribution in [-0.4, -0.2) is 37.5 Å². The lowest BCUT2D eigenvalue weighted by Crippen LogP contribution is -2.32. The minimum Gasteiger partial charge on any atom is -0.459 e. The van der Waals surface area contributed by atoms with E-state index in [1.807, 2.05) is 23.0 Å². The highest BCUT2D eigenvalue weighted by Crippen LogP contribution is 2.23. The Labute approximate surface area is 133 Å². The van der Waals surface area contributed by atoms with Gasteiger partial charge in [0.2, 0.25) is 5.89 Å². The first-order valence-electron chi connectivity index (χ1n) is 7.87. The van der Waals surface area contributed by atoms with Gasteiger partial charge in [0.25, 0.3) is 5.89 Å². The van der Waals surface area contributed by atoms with Crippen molar-refractivity contribution < 1.29 is 8.83 Å². The van der Waals surface area contributed by atoms with E-state index in [4.69, 9.17) is 8.83 Å². The molecule has 1 aliphatic heterocycles. The fourth-order valence-corrected chi connectivity index (χ4v) is 3.08. The van der Waals surface area contributed by atoms with E-state index in [0.717, 1.165) is 19.5 Å². The van der Waals surface area contributed by atoms with Crippen molar-refractivity contribution in [3.8, 4) is 11.7 Å². The molecule has 0 bridgehead atoms. The molecule has 0 aliphatic carbocycles. The largest absolute Gasteiger partial charge is 0.459 e. The van der Waals surface area contributed by atoms with Crippen molar-refractivity contribution in [2.24, 2.45) is 0 Å². The molecule has 0 saturated carbocycles. The number of hydrogen-bond acceptors (Lipinski definition) is 6. The van der Waals surface area contributed by atoms with Crippen LogP contribution in [0.5, 0.6) is 0 Å². The minimum absolute atomic E-state index is 0.434. The van der Waals surface area contributed by atoms with Crippen LogP contribution in [-0.2, 0) is 13.1 Å². The smallest absolute Gasteiger partial charge is 0.283 e. The summed E-state index contributed by atoms with van der Waals surface area (Å²) in [6.07, 6.45) is 7.93. The van der Waals surface area contributed by atoms with Gasteiger partial charge in [-0.2, -0.15) is 5.10 Å². The van der Waals surface area contributed by atoms with Crippen molar-refractivity contribution in [1.82, 2.24) is 24.9 Å². The predicted octanol–water partition coefficient (Wildman–Crippen LogP) is 2.50. The van der Waals surface area contributed by atoms with Gasteiger partial charge in [-0.1, -0.05) is 0 Å². The van der Waals surface area contributed by atoms with Gasteiger partial charge in [-0.25, -0.2) is 0 Å². The van der Waals surface area contributed by atoms with E-state index in [1.54, 1.807) is 6.26 Å². The van der Waals surface area contributed by atoms with Crippen LogP contribution in [0.1, 0.15) is 24.3 Å². The highest BCUT2D eigenvalue weighted by molar-refractivity contribution is 5.42. The Morgan fingerprint density at radius 1 is 1.35 bits per heavy atom. The van der Waals surface area contributed by atoms with Gasteiger partial charge in [0, 0.05) is 12.2 Å². The standard InChI is InChI=1S/C16H19N5O2/c1-12-8-17-21(9-12)10-13-4-2-6-20(13)11-15-18-19-16(23-15)14-5-3-7-22-14/h3,5,7-9,13H,2,4,6,10-11H2,1H3/t13-/m0/s1. The van der Waals surface area contributed by atoms with Gasteiger partial charge in [-0.15, -0.1) is 10.2 Å². The summed E-state index contributed by atoms with van der Waals surface area (Å²) in [5.74, 6) is 1.66. The summed E-state index contributed by atoms with van der Waals surface area (Å²) in [6.45, 7) is 4.67. The topological polar surface area (TPSA) is 73.1 Å². The lowest BCUT2D eigenvalue weighted by Gasteiger charge is -2.22. The Kier molecular flexibility index (Phi) is 3.70. The fraction of sp³-hybridized carbons (Fsp3) is 0.438. The van der Waals surface area contributed by atoms with Crippen molar-refractivity contribution in [2.75, 3.05) is 6.54 Å². The van der Waals surface area contributed by atoms with E-state index in [1.165, 1.54) is 12.0 Å². The van der Waals surface area contributed by atoms with Crippen LogP contribution in [0.3, 0.4) is 0 Å². The van der Waals surface area contributed by atoms with E-state index in [9.17, 15) is 0 Å². The fourth-order valence-electron chi connectivity index (χ4n) is 3.08. The van der Waals surface area contributed by atoms with Crippen molar-refractivity contribution >= 4 is 0 Å². The van der Waals surface area contributed by atoms with Crippen LogP contribution in [0.15, 0.2) is 39.6 Å². The van der Waals surface area contributed by atoms with Gasteiger partial charge in [0.1, 0.15) is 0 Å². The van der Waals surface area contributed by atoms with E-state index in [2.05, 4.69) is 33.3 Å². The Morgan fingerprint density at radius 3 is 3.09 bits per heavy atom. The molecule has 4 rings (SSSR count). The maximum atomic E-state index is 5.71. The highest BCUT2D eigenvalue weighted by Gasteiger charge is 2.27. The number of likely N-dealkylation sites (tertiary alicyclic amines) is 1. The molecule has 1 fully saturated rings. The molecule has 7 heteroatoms. The Bertz CT molecular complexity index is 761. The summed E-state index contributed by atoms with van der Waals surface area (Å²) in [5.41, 5.74) is 1.19. The van der Waals surface area contributed by atoms with Crippen LogP contribution in [0, 0.1) is 6.92 Å². The summed E-state index contributed by atoms with van der Waals surface area (Å²) in [7, 11) is 0. The summed E-state index contributed by atoms with van der Waals surface area (Å²) >= 11 is 0. The molecule has 0 aromatic carbocycles. The molecule has 7 nitrogen and oxygen atoms in total. The normalized spacial score (nSPS) is 18.7. The first-order valence-corrected chi connectivity index (χ1v) is 7.87. The van der Waals surface area contributed by atoms with Gasteiger partial charge < -0.3 is 8.83 Å². The number of furan rings is 1.